The van der Waals surface area contributed by atoms with Crippen molar-refractivity contribution in [1.82, 2.24) is 10.3 Å². The van der Waals surface area contributed by atoms with Crippen LogP contribution in [0.2, 0.25) is 0 Å². The van der Waals surface area contributed by atoms with E-state index in [1.807, 2.05) is 0 Å². The molecule has 0 aliphatic heterocycles. The second-order valence-corrected chi connectivity index (χ2v) is 3.47. The number of nitrogens with zero attached hydrogens (tertiary/aromatic N) is 1. The number of methoxy groups -OCH3 is 1. The van der Waals surface area contributed by atoms with Crippen LogP contribution in [0.1, 0.15) is 5.56 Å². The highest BCUT2D eigenvalue weighted by atomic mass is 16.5. The number of carbonyl (C=O) groups excluding carboxylic acids is 1. The molecule has 0 spiro atoms. The maximum atomic E-state index is 11.5. The Bertz CT molecular complexity index is 342. The van der Waals surface area contributed by atoms with E-state index in [0.717, 1.165) is 5.56 Å². The number of hydrogen-bond acceptors (Lipinski definition) is 5. The molecule has 0 saturated carbocycles. The minimum Gasteiger partial charge on any atom is -0.384 e. The molecule has 5 heteroatoms. The molecule has 1 heterocycles. The fraction of sp³-hybridized carbons (Fsp3) is 0.455. The van der Waals surface area contributed by atoms with E-state index in [1.165, 1.54) is 0 Å². The fourth-order valence-corrected chi connectivity index (χ4v) is 1.30. The number of hydrogen-bond donors (Lipinski definition) is 2. The Labute approximate surface area is 95.0 Å². The summed E-state index contributed by atoms with van der Waals surface area (Å²) in [5.41, 5.74) is 6.41. The SMILES string of the molecule is COCCNCC(=O)Cc1ccnc(N)c1. The molecule has 0 aliphatic rings. The van der Waals surface area contributed by atoms with Crippen LogP contribution in [0.3, 0.4) is 0 Å². The van der Waals surface area contributed by atoms with Crippen molar-refractivity contribution < 1.29 is 9.53 Å². The Kier molecular flexibility index (Phi) is 5.45. The monoisotopic (exact) mass is 223 g/mol. The molecule has 5 nitrogen and oxygen atoms in total. The van der Waals surface area contributed by atoms with Crippen molar-refractivity contribution in [2.45, 2.75) is 6.42 Å². The van der Waals surface area contributed by atoms with Crippen LogP contribution in [0.4, 0.5) is 5.82 Å². The van der Waals surface area contributed by atoms with E-state index >= 15 is 0 Å². The molecule has 0 atom stereocenters. The predicted molar refractivity (Wildman–Crippen MR) is 62.1 cm³/mol. The van der Waals surface area contributed by atoms with Crippen molar-refractivity contribution in [2.75, 3.05) is 32.5 Å². The van der Waals surface area contributed by atoms with Gasteiger partial charge in [0.15, 0.2) is 5.78 Å². The summed E-state index contributed by atoms with van der Waals surface area (Å²) in [7, 11) is 1.63. The number of aromatic nitrogens is 1. The Hall–Kier alpha value is -1.46. The summed E-state index contributed by atoms with van der Waals surface area (Å²) in [4.78, 5) is 15.4. The third-order valence-corrected chi connectivity index (χ3v) is 2.05. The van der Waals surface area contributed by atoms with Gasteiger partial charge in [-0.05, 0) is 17.7 Å². The van der Waals surface area contributed by atoms with Crippen molar-refractivity contribution in [2.24, 2.45) is 0 Å². The smallest absolute Gasteiger partial charge is 0.150 e. The number of anilines is 1. The molecule has 88 valence electrons. The zero-order valence-electron chi connectivity index (χ0n) is 9.40. The first-order chi connectivity index (χ1) is 7.72. The lowest BCUT2D eigenvalue weighted by atomic mass is 10.1. The summed E-state index contributed by atoms with van der Waals surface area (Å²) in [5, 5.41) is 3.00. The lowest BCUT2D eigenvalue weighted by Gasteiger charge is -2.04. The summed E-state index contributed by atoms with van der Waals surface area (Å²) in [6.07, 6.45) is 1.99. The molecular formula is C11H17N3O2. The maximum Gasteiger partial charge on any atom is 0.150 e. The van der Waals surface area contributed by atoms with Gasteiger partial charge in [-0.2, -0.15) is 0 Å². The van der Waals surface area contributed by atoms with Gasteiger partial charge in [0.05, 0.1) is 13.2 Å². The van der Waals surface area contributed by atoms with Crippen LogP contribution in [0.15, 0.2) is 18.3 Å². The highest BCUT2D eigenvalue weighted by Crippen LogP contribution is 2.03. The third-order valence-electron chi connectivity index (χ3n) is 2.05. The number of rotatable bonds is 7. The zero-order chi connectivity index (χ0) is 11.8. The number of nitrogens with one attached hydrogen (secondary N) is 1. The quantitative estimate of drug-likeness (QED) is 0.637. The summed E-state index contributed by atoms with van der Waals surface area (Å²) < 4.78 is 4.86. The second-order valence-electron chi connectivity index (χ2n) is 3.47. The van der Waals surface area contributed by atoms with Crippen molar-refractivity contribution >= 4 is 11.6 Å². The molecule has 1 aromatic rings. The van der Waals surface area contributed by atoms with Gasteiger partial charge in [-0.1, -0.05) is 0 Å². The molecule has 0 aromatic carbocycles. The molecule has 1 rings (SSSR count). The fourth-order valence-electron chi connectivity index (χ4n) is 1.30. The van der Waals surface area contributed by atoms with Crippen molar-refractivity contribution in [3.05, 3.63) is 23.9 Å². The Morgan fingerprint density at radius 3 is 3.12 bits per heavy atom. The largest absolute Gasteiger partial charge is 0.384 e. The van der Waals surface area contributed by atoms with Gasteiger partial charge in [0.25, 0.3) is 0 Å². The molecule has 0 bridgehead atoms. The molecule has 0 radical (unpaired) electrons. The number of pyridine rings is 1. The van der Waals surface area contributed by atoms with Crippen molar-refractivity contribution in [1.29, 1.82) is 0 Å². The first-order valence-electron chi connectivity index (χ1n) is 5.14. The minimum atomic E-state index is 0.127. The molecule has 0 aliphatic carbocycles. The van der Waals surface area contributed by atoms with E-state index in [1.54, 1.807) is 25.4 Å². The van der Waals surface area contributed by atoms with Crippen LogP contribution in [0, 0.1) is 0 Å². The summed E-state index contributed by atoms with van der Waals surface area (Å²) >= 11 is 0. The predicted octanol–water partition coefficient (Wildman–Crippen LogP) is 0.0114. The number of ether oxygens (including phenoxy) is 1. The second kappa shape index (κ2) is 6.92. The van der Waals surface area contributed by atoms with E-state index < -0.39 is 0 Å². The molecule has 3 N–H and O–H groups in total. The number of ketones is 1. The van der Waals surface area contributed by atoms with E-state index in [9.17, 15) is 4.79 Å². The average Bonchev–Trinajstić information content (AvgIpc) is 2.24. The topological polar surface area (TPSA) is 77.2 Å². The van der Waals surface area contributed by atoms with Crippen LogP contribution >= 0.6 is 0 Å². The van der Waals surface area contributed by atoms with Gasteiger partial charge in [-0.3, -0.25) is 4.79 Å². The van der Waals surface area contributed by atoms with Crippen LogP contribution in [0.5, 0.6) is 0 Å². The molecule has 0 unspecified atom stereocenters. The summed E-state index contributed by atoms with van der Waals surface area (Å²) in [6, 6.07) is 3.51. The van der Waals surface area contributed by atoms with Crippen molar-refractivity contribution in [3.63, 3.8) is 0 Å². The third kappa shape index (κ3) is 4.86. The standard InChI is InChI=1S/C11H17N3O2/c1-16-5-4-13-8-10(15)6-9-2-3-14-11(12)7-9/h2-3,7,13H,4-6,8H2,1H3,(H2,12,14). The Morgan fingerprint density at radius 1 is 1.62 bits per heavy atom. The zero-order valence-corrected chi connectivity index (χ0v) is 9.40. The molecule has 0 saturated heterocycles. The van der Waals surface area contributed by atoms with Gasteiger partial charge in [0.2, 0.25) is 0 Å². The normalized spacial score (nSPS) is 10.3. The molecule has 0 fully saturated rings. The molecule has 1 aromatic heterocycles. The van der Waals surface area contributed by atoms with Gasteiger partial charge in [0.1, 0.15) is 5.82 Å². The lowest BCUT2D eigenvalue weighted by molar-refractivity contribution is -0.117. The summed E-state index contributed by atoms with van der Waals surface area (Å²) in [6.45, 7) is 1.64. The van der Waals surface area contributed by atoms with Gasteiger partial charge >= 0.3 is 0 Å². The highest BCUT2D eigenvalue weighted by molar-refractivity contribution is 5.82. The number of carbonyl (C=O) groups is 1. The van der Waals surface area contributed by atoms with E-state index in [0.29, 0.717) is 31.9 Å². The number of nitrogen functional groups attached to an aromatic ring is 1. The van der Waals surface area contributed by atoms with Crippen LogP contribution < -0.4 is 11.1 Å². The first-order valence-corrected chi connectivity index (χ1v) is 5.14. The first kappa shape index (κ1) is 12.6. The Balaban J connectivity index is 2.29. The lowest BCUT2D eigenvalue weighted by Crippen LogP contribution is -2.27. The maximum absolute atomic E-state index is 11.5. The summed E-state index contributed by atoms with van der Waals surface area (Å²) in [5.74, 6) is 0.569. The van der Waals surface area contributed by atoms with Crippen molar-refractivity contribution in [3.8, 4) is 0 Å². The molecule has 16 heavy (non-hydrogen) atoms. The van der Waals surface area contributed by atoms with Crippen LogP contribution in [-0.4, -0.2) is 37.6 Å². The van der Waals surface area contributed by atoms with Crippen LogP contribution in [-0.2, 0) is 16.0 Å². The van der Waals surface area contributed by atoms with E-state index in [2.05, 4.69) is 10.3 Å². The van der Waals surface area contributed by atoms with Crippen LogP contribution in [0.25, 0.3) is 0 Å². The van der Waals surface area contributed by atoms with E-state index in [4.69, 9.17) is 10.5 Å². The van der Waals surface area contributed by atoms with E-state index in [-0.39, 0.29) is 5.78 Å². The molecule has 0 amide bonds. The van der Waals surface area contributed by atoms with Gasteiger partial charge in [-0.25, -0.2) is 4.98 Å². The minimum absolute atomic E-state index is 0.127. The Morgan fingerprint density at radius 2 is 2.44 bits per heavy atom. The molecular weight excluding hydrogens is 206 g/mol. The number of nitrogens with two attached hydrogens (primary N) is 1. The average molecular weight is 223 g/mol. The highest BCUT2D eigenvalue weighted by Gasteiger charge is 2.03. The van der Waals surface area contributed by atoms with Gasteiger partial charge in [-0.15, -0.1) is 0 Å². The van der Waals surface area contributed by atoms with Gasteiger partial charge in [0, 0.05) is 26.3 Å². The van der Waals surface area contributed by atoms with Gasteiger partial charge < -0.3 is 15.8 Å². The number of Topliss-reactive ketones (excluding diaryl/α,β-unsaturated/α-hetero) is 1.